The molecule has 21 heavy (non-hydrogen) atoms. The van der Waals surface area contributed by atoms with E-state index in [1.54, 1.807) is 36.4 Å². The molecule has 0 heterocycles. The smallest absolute Gasteiger partial charge is 0.493 e. The van der Waals surface area contributed by atoms with Crippen LogP contribution in [0.5, 0.6) is 11.5 Å². The van der Waals surface area contributed by atoms with Gasteiger partial charge in [0.1, 0.15) is 11.5 Å². The molecule has 0 saturated carbocycles. The van der Waals surface area contributed by atoms with Gasteiger partial charge in [0.05, 0.1) is 6.61 Å². The summed E-state index contributed by atoms with van der Waals surface area (Å²) in [6, 6.07) is 12.7. The van der Waals surface area contributed by atoms with E-state index in [9.17, 15) is 13.2 Å². The van der Waals surface area contributed by atoms with Crippen LogP contribution < -0.4 is 9.47 Å². The molecule has 0 amide bonds. The summed E-state index contributed by atoms with van der Waals surface area (Å²) in [5.41, 5.74) is 0.853. The molecular weight excluding hydrogens is 305 g/mol. The Morgan fingerprint density at radius 1 is 0.952 bits per heavy atom. The lowest BCUT2D eigenvalue weighted by atomic mass is 10.1. The van der Waals surface area contributed by atoms with Crippen LogP contribution in [0.4, 0.5) is 13.2 Å². The highest BCUT2D eigenvalue weighted by Gasteiger charge is 2.30. The molecule has 0 saturated heterocycles. The highest BCUT2D eigenvalue weighted by Crippen LogP contribution is 2.23. The molecule has 0 radical (unpaired) electrons. The largest absolute Gasteiger partial charge is 0.573 e. The van der Waals surface area contributed by atoms with Crippen LogP contribution in [-0.4, -0.2) is 13.0 Å². The number of alkyl halides is 3. The topological polar surface area (TPSA) is 18.5 Å². The van der Waals surface area contributed by atoms with Gasteiger partial charge in [-0.1, -0.05) is 29.8 Å². The molecule has 112 valence electrons. The quantitative estimate of drug-likeness (QED) is 0.784. The second kappa shape index (κ2) is 6.72. The van der Waals surface area contributed by atoms with Crippen LogP contribution in [-0.2, 0) is 6.42 Å². The monoisotopic (exact) mass is 316 g/mol. The predicted molar refractivity (Wildman–Crippen MR) is 73.8 cm³/mol. The number of hydrogen-bond donors (Lipinski definition) is 0. The van der Waals surface area contributed by atoms with E-state index >= 15 is 0 Å². The summed E-state index contributed by atoms with van der Waals surface area (Å²) >= 11 is 5.83. The van der Waals surface area contributed by atoms with Gasteiger partial charge in [0.15, 0.2) is 0 Å². The molecule has 0 spiro atoms. The Morgan fingerprint density at radius 3 is 2.29 bits per heavy atom. The van der Waals surface area contributed by atoms with Crippen molar-refractivity contribution in [2.45, 2.75) is 12.8 Å². The average molecular weight is 317 g/mol. The molecule has 2 nitrogen and oxygen atoms in total. The zero-order valence-corrected chi connectivity index (χ0v) is 11.6. The Balaban J connectivity index is 1.84. The van der Waals surface area contributed by atoms with Crippen molar-refractivity contribution in [1.82, 2.24) is 0 Å². The van der Waals surface area contributed by atoms with Crippen molar-refractivity contribution in [1.29, 1.82) is 0 Å². The highest BCUT2D eigenvalue weighted by atomic mass is 35.5. The van der Waals surface area contributed by atoms with Crippen molar-refractivity contribution in [2.75, 3.05) is 6.61 Å². The van der Waals surface area contributed by atoms with E-state index in [0.717, 1.165) is 5.56 Å². The molecule has 0 aromatic heterocycles. The van der Waals surface area contributed by atoms with Crippen LogP contribution in [0.3, 0.4) is 0 Å². The Morgan fingerprint density at radius 2 is 1.67 bits per heavy atom. The summed E-state index contributed by atoms with van der Waals surface area (Å²) < 4.78 is 45.3. The summed E-state index contributed by atoms with van der Waals surface area (Å²) in [6.07, 6.45) is -4.10. The van der Waals surface area contributed by atoms with E-state index in [2.05, 4.69) is 4.74 Å². The summed E-state index contributed by atoms with van der Waals surface area (Å²) in [5.74, 6) is 0.418. The molecule has 0 unspecified atom stereocenters. The maximum Gasteiger partial charge on any atom is 0.573 e. The maximum absolute atomic E-state index is 12.0. The minimum atomic E-state index is -4.67. The molecule has 2 aromatic carbocycles. The van der Waals surface area contributed by atoms with Crippen molar-refractivity contribution in [2.24, 2.45) is 0 Å². The van der Waals surface area contributed by atoms with Gasteiger partial charge in [0.2, 0.25) is 0 Å². The van der Waals surface area contributed by atoms with Crippen LogP contribution >= 0.6 is 11.6 Å². The molecule has 0 bridgehead atoms. The normalized spacial score (nSPS) is 11.2. The fourth-order valence-corrected chi connectivity index (χ4v) is 1.88. The average Bonchev–Trinajstić information content (AvgIpc) is 2.39. The van der Waals surface area contributed by atoms with Gasteiger partial charge in [-0.2, -0.15) is 0 Å². The van der Waals surface area contributed by atoms with Gasteiger partial charge in [0.25, 0.3) is 0 Å². The zero-order chi connectivity index (χ0) is 15.3. The van der Waals surface area contributed by atoms with E-state index in [4.69, 9.17) is 16.3 Å². The predicted octanol–water partition coefficient (Wildman–Crippen LogP) is 4.86. The molecule has 0 aliphatic heterocycles. The van der Waals surface area contributed by atoms with Gasteiger partial charge >= 0.3 is 6.36 Å². The minimum Gasteiger partial charge on any atom is -0.493 e. The van der Waals surface area contributed by atoms with Crippen molar-refractivity contribution in [3.8, 4) is 11.5 Å². The molecule has 0 fully saturated rings. The molecule has 0 aliphatic carbocycles. The van der Waals surface area contributed by atoms with Gasteiger partial charge in [-0.25, -0.2) is 0 Å². The first-order chi connectivity index (χ1) is 9.92. The van der Waals surface area contributed by atoms with Crippen molar-refractivity contribution >= 4 is 11.6 Å². The van der Waals surface area contributed by atoms with E-state index in [-0.39, 0.29) is 5.75 Å². The first-order valence-electron chi connectivity index (χ1n) is 6.15. The summed E-state index contributed by atoms with van der Waals surface area (Å²) in [5, 5.41) is 0.584. The second-order valence-corrected chi connectivity index (χ2v) is 4.68. The van der Waals surface area contributed by atoms with E-state index < -0.39 is 6.36 Å². The van der Waals surface area contributed by atoms with Crippen LogP contribution in [0.25, 0.3) is 0 Å². The third-order valence-corrected chi connectivity index (χ3v) is 2.85. The number of hydrogen-bond acceptors (Lipinski definition) is 2. The SMILES string of the molecule is FC(F)(F)Oc1ccc(CCOc2cccc(Cl)c2)cc1. The Kier molecular flexibility index (Phi) is 4.96. The lowest BCUT2D eigenvalue weighted by molar-refractivity contribution is -0.274. The van der Waals surface area contributed by atoms with Crippen LogP contribution in [0.2, 0.25) is 5.02 Å². The zero-order valence-electron chi connectivity index (χ0n) is 10.9. The number of halogens is 4. The Labute approximate surface area is 125 Å². The first kappa shape index (κ1) is 15.5. The standard InChI is InChI=1S/C15H12ClF3O2/c16-12-2-1-3-14(10-12)20-9-8-11-4-6-13(7-5-11)21-15(17,18)19/h1-7,10H,8-9H2. The second-order valence-electron chi connectivity index (χ2n) is 4.25. The molecular formula is C15H12ClF3O2. The van der Waals surface area contributed by atoms with Crippen LogP contribution in [0.1, 0.15) is 5.56 Å². The Hall–Kier alpha value is -1.88. The van der Waals surface area contributed by atoms with Gasteiger partial charge in [-0.15, -0.1) is 13.2 Å². The fraction of sp³-hybridized carbons (Fsp3) is 0.200. The highest BCUT2D eigenvalue weighted by molar-refractivity contribution is 6.30. The van der Waals surface area contributed by atoms with E-state index in [0.29, 0.717) is 23.8 Å². The van der Waals surface area contributed by atoms with Crippen molar-refractivity contribution in [3.05, 3.63) is 59.1 Å². The molecule has 6 heteroatoms. The molecule has 0 atom stereocenters. The van der Waals surface area contributed by atoms with Gasteiger partial charge in [-0.3, -0.25) is 0 Å². The van der Waals surface area contributed by atoms with Crippen molar-refractivity contribution < 1.29 is 22.6 Å². The van der Waals surface area contributed by atoms with Gasteiger partial charge in [0, 0.05) is 11.4 Å². The van der Waals surface area contributed by atoms with Crippen LogP contribution in [0, 0.1) is 0 Å². The molecule has 2 aromatic rings. The Bertz CT molecular complexity index is 582. The van der Waals surface area contributed by atoms with Gasteiger partial charge < -0.3 is 9.47 Å². The number of rotatable bonds is 5. The molecule has 0 N–H and O–H groups in total. The lowest BCUT2D eigenvalue weighted by Gasteiger charge is -2.10. The van der Waals surface area contributed by atoms with Gasteiger partial charge in [-0.05, 0) is 35.9 Å². The van der Waals surface area contributed by atoms with E-state index in [1.165, 1.54) is 12.1 Å². The summed E-state index contributed by atoms with van der Waals surface area (Å²) in [7, 11) is 0. The first-order valence-corrected chi connectivity index (χ1v) is 6.53. The third-order valence-electron chi connectivity index (χ3n) is 2.61. The number of benzene rings is 2. The maximum atomic E-state index is 12.0. The van der Waals surface area contributed by atoms with Crippen LogP contribution in [0.15, 0.2) is 48.5 Å². The van der Waals surface area contributed by atoms with Crippen molar-refractivity contribution in [3.63, 3.8) is 0 Å². The number of ether oxygens (including phenoxy) is 2. The fourth-order valence-electron chi connectivity index (χ4n) is 1.70. The summed E-state index contributed by atoms with van der Waals surface area (Å²) in [6.45, 7) is 0.403. The molecule has 0 aliphatic rings. The minimum absolute atomic E-state index is 0.234. The lowest BCUT2D eigenvalue weighted by Crippen LogP contribution is -2.17. The third kappa shape index (κ3) is 5.55. The molecule has 2 rings (SSSR count). The summed E-state index contributed by atoms with van der Waals surface area (Å²) in [4.78, 5) is 0. The van der Waals surface area contributed by atoms with E-state index in [1.807, 2.05) is 0 Å².